The minimum atomic E-state index is 0.875. The van der Waals surface area contributed by atoms with Gasteiger partial charge < -0.3 is 0 Å². The van der Waals surface area contributed by atoms with Gasteiger partial charge in [0.2, 0.25) is 0 Å². The Labute approximate surface area is 95.2 Å². The van der Waals surface area contributed by atoms with E-state index in [2.05, 4.69) is 80.4 Å². The molecule has 2 aromatic carbocycles. The molecule has 0 fully saturated rings. The van der Waals surface area contributed by atoms with Crippen LogP contribution >= 0.6 is 31.9 Å². The van der Waals surface area contributed by atoms with E-state index in [1.807, 2.05) is 0 Å². The third kappa shape index (κ3) is 3.49. The van der Waals surface area contributed by atoms with Crippen LogP contribution in [0.5, 0.6) is 0 Å². The maximum Gasteiger partial charge on any atom is 0.0588 e. The average Bonchev–Trinajstić information content (AvgIpc) is 2.19. The summed E-state index contributed by atoms with van der Waals surface area (Å²) in [7, 11) is 0. The molecule has 68 valence electrons. The molecule has 0 saturated heterocycles. The van der Waals surface area contributed by atoms with Crippen molar-refractivity contribution in [3.8, 4) is 0 Å². The second kappa shape index (κ2) is 6.17. The third-order valence-corrected chi connectivity index (χ3v) is 1.66. The second-order valence-electron chi connectivity index (χ2n) is 2.45. The number of halogens is 2. The van der Waals surface area contributed by atoms with E-state index in [4.69, 9.17) is 0 Å². The first-order chi connectivity index (χ1) is 6.38. The highest BCUT2D eigenvalue weighted by molar-refractivity contribution is 9.24. The number of rotatable bonds is 0. The molecule has 0 aliphatic rings. The number of benzene rings is 2. The Bertz CT molecular complexity index is 292. The minimum Gasteiger partial charge on any atom is -0.0802 e. The first-order valence-corrected chi connectivity index (χ1v) is 6.18. The molecular formula is C11H10Br2. The quantitative estimate of drug-likeness (QED) is 0.625. The molecule has 0 atom stereocenters. The van der Waals surface area contributed by atoms with E-state index in [0.717, 1.165) is 4.24 Å². The van der Waals surface area contributed by atoms with Crippen LogP contribution < -0.4 is 0 Å². The molecule has 0 aliphatic heterocycles. The summed E-state index contributed by atoms with van der Waals surface area (Å²) in [6.07, 6.45) is 0. The normalized spacial score (nSPS) is 9.08. The van der Waals surface area contributed by atoms with E-state index in [9.17, 15) is 0 Å². The number of fused-ring (bicyclic) bond motifs is 1. The summed E-state index contributed by atoms with van der Waals surface area (Å²) in [5.41, 5.74) is 0. The van der Waals surface area contributed by atoms with Crippen LogP contribution in [0, 0.1) is 0 Å². The summed E-state index contributed by atoms with van der Waals surface area (Å²) < 4.78 is 0.875. The van der Waals surface area contributed by atoms with Gasteiger partial charge in [-0.1, -0.05) is 80.4 Å². The molecule has 2 heteroatoms. The first-order valence-electron chi connectivity index (χ1n) is 3.94. The maximum absolute atomic E-state index is 3.06. The zero-order chi connectivity index (χ0) is 9.52. The van der Waals surface area contributed by atoms with E-state index < -0.39 is 0 Å². The van der Waals surface area contributed by atoms with E-state index in [0.29, 0.717) is 0 Å². The summed E-state index contributed by atoms with van der Waals surface area (Å²) >= 11 is 6.12. The Morgan fingerprint density at radius 2 is 0.923 bits per heavy atom. The van der Waals surface area contributed by atoms with Crippen molar-refractivity contribution in [2.24, 2.45) is 0 Å². The van der Waals surface area contributed by atoms with Crippen molar-refractivity contribution in [2.75, 3.05) is 4.24 Å². The Morgan fingerprint density at radius 3 is 1.15 bits per heavy atom. The lowest BCUT2D eigenvalue weighted by Gasteiger charge is -1.92. The second-order valence-corrected chi connectivity index (χ2v) is 5.07. The fourth-order valence-corrected chi connectivity index (χ4v) is 1.13. The van der Waals surface area contributed by atoms with Gasteiger partial charge in [-0.3, -0.25) is 0 Å². The van der Waals surface area contributed by atoms with Crippen LogP contribution in [0.4, 0.5) is 0 Å². The van der Waals surface area contributed by atoms with Gasteiger partial charge in [0.1, 0.15) is 0 Å². The topological polar surface area (TPSA) is 0 Å². The SMILES string of the molecule is BrCBr.c1ccc2ccccc2c1. The van der Waals surface area contributed by atoms with Crippen molar-refractivity contribution in [3.63, 3.8) is 0 Å². The van der Waals surface area contributed by atoms with Crippen LogP contribution in [0.15, 0.2) is 48.5 Å². The Hall–Kier alpha value is -0.340. The predicted molar refractivity (Wildman–Crippen MR) is 66.7 cm³/mol. The van der Waals surface area contributed by atoms with Crippen molar-refractivity contribution >= 4 is 42.6 Å². The van der Waals surface area contributed by atoms with Gasteiger partial charge in [0, 0.05) is 0 Å². The molecular weight excluding hydrogens is 292 g/mol. The molecule has 2 aromatic rings. The van der Waals surface area contributed by atoms with Crippen molar-refractivity contribution < 1.29 is 0 Å². The van der Waals surface area contributed by atoms with E-state index in [-0.39, 0.29) is 0 Å². The molecule has 0 N–H and O–H groups in total. The molecule has 0 spiro atoms. The van der Waals surface area contributed by atoms with Gasteiger partial charge in [-0.2, -0.15) is 0 Å². The van der Waals surface area contributed by atoms with Gasteiger partial charge in [-0.15, -0.1) is 0 Å². The molecule has 0 aromatic heterocycles. The van der Waals surface area contributed by atoms with Gasteiger partial charge in [0.15, 0.2) is 0 Å². The summed E-state index contributed by atoms with van der Waals surface area (Å²) in [4.78, 5) is 0. The van der Waals surface area contributed by atoms with Crippen molar-refractivity contribution in [3.05, 3.63) is 48.5 Å². The van der Waals surface area contributed by atoms with Crippen molar-refractivity contribution in [2.45, 2.75) is 0 Å². The summed E-state index contributed by atoms with van der Waals surface area (Å²) in [5.74, 6) is 0. The molecule has 0 radical (unpaired) electrons. The Morgan fingerprint density at radius 1 is 0.692 bits per heavy atom. The van der Waals surface area contributed by atoms with Gasteiger partial charge in [-0.05, 0) is 10.8 Å². The highest BCUT2D eigenvalue weighted by Gasteiger charge is 1.85. The van der Waals surface area contributed by atoms with E-state index in [1.54, 1.807) is 0 Å². The van der Waals surface area contributed by atoms with Gasteiger partial charge in [-0.25, -0.2) is 0 Å². The van der Waals surface area contributed by atoms with E-state index >= 15 is 0 Å². The zero-order valence-corrected chi connectivity index (χ0v) is 10.3. The van der Waals surface area contributed by atoms with Gasteiger partial charge >= 0.3 is 0 Å². The van der Waals surface area contributed by atoms with Crippen LogP contribution in [0.2, 0.25) is 0 Å². The predicted octanol–water partition coefficient (Wildman–Crippen LogP) is 4.57. The van der Waals surface area contributed by atoms with Crippen LogP contribution in [-0.4, -0.2) is 4.24 Å². The van der Waals surface area contributed by atoms with Crippen LogP contribution in [0.25, 0.3) is 10.8 Å². The fraction of sp³-hybridized carbons (Fsp3) is 0.0909. The Balaban J connectivity index is 0.000000251. The minimum absolute atomic E-state index is 0.875. The zero-order valence-electron chi connectivity index (χ0n) is 7.08. The molecule has 0 saturated carbocycles. The lowest BCUT2D eigenvalue weighted by Crippen LogP contribution is -1.67. The molecule has 0 amide bonds. The summed E-state index contributed by atoms with van der Waals surface area (Å²) in [5, 5.41) is 2.62. The molecule has 13 heavy (non-hydrogen) atoms. The van der Waals surface area contributed by atoms with Crippen LogP contribution in [0.3, 0.4) is 0 Å². The van der Waals surface area contributed by atoms with Gasteiger partial charge in [0.25, 0.3) is 0 Å². The standard InChI is InChI=1S/C10H8.CH2Br2/c1-2-6-10-8-4-3-7-9(10)5-1;2-1-3/h1-8H;1H2. The van der Waals surface area contributed by atoms with E-state index in [1.165, 1.54) is 10.8 Å². The van der Waals surface area contributed by atoms with Crippen molar-refractivity contribution in [1.29, 1.82) is 0 Å². The lowest BCUT2D eigenvalue weighted by atomic mass is 10.1. The number of hydrogen-bond donors (Lipinski definition) is 0. The monoisotopic (exact) mass is 300 g/mol. The summed E-state index contributed by atoms with van der Waals surface area (Å²) in [6.45, 7) is 0. The Kier molecular flexibility index (Phi) is 5.09. The average molecular weight is 302 g/mol. The molecule has 0 heterocycles. The molecule has 0 bridgehead atoms. The highest BCUT2D eigenvalue weighted by atomic mass is 79.9. The fourth-order valence-electron chi connectivity index (χ4n) is 1.13. The molecule has 0 nitrogen and oxygen atoms in total. The first kappa shape index (κ1) is 10.7. The number of alkyl halides is 2. The van der Waals surface area contributed by atoms with Crippen LogP contribution in [0.1, 0.15) is 0 Å². The van der Waals surface area contributed by atoms with Gasteiger partial charge in [0.05, 0.1) is 4.24 Å². The maximum atomic E-state index is 3.06. The summed E-state index contributed by atoms with van der Waals surface area (Å²) in [6, 6.07) is 16.7. The largest absolute Gasteiger partial charge is 0.0802 e. The smallest absolute Gasteiger partial charge is 0.0588 e. The van der Waals surface area contributed by atoms with Crippen molar-refractivity contribution in [1.82, 2.24) is 0 Å². The molecule has 0 unspecified atom stereocenters. The molecule has 0 aliphatic carbocycles. The highest BCUT2D eigenvalue weighted by Crippen LogP contribution is 2.11. The number of hydrogen-bond acceptors (Lipinski definition) is 0. The lowest BCUT2D eigenvalue weighted by molar-refractivity contribution is 1.75. The van der Waals surface area contributed by atoms with Crippen LogP contribution in [-0.2, 0) is 0 Å². The third-order valence-electron chi connectivity index (χ3n) is 1.66. The molecule has 2 rings (SSSR count).